The first kappa shape index (κ1) is 12.0. The molecule has 0 heterocycles. The SMILES string of the molecule is CCNC1CCCC(C(CC)CC)C1. The van der Waals surface area contributed by atoms with E-state index in [0.717, 1.165) is 24.4 Å². The molecule has 1 fully saturated rings. The summed E-state index contributed by atoms with van der Waals surface area (Å²) in [5, 5.41) is 3.62. The molecule has 84 valence electrons. The van der Waals surface area contributed by atoms with Crippen LogP contribution in [0.1, 0.15) is 59.3 Å². The number of nitrogens with one attached hydrogen (secondary N) is 1. The van der Waals surface area contributed by atoms with E-state index in [9.17, 15) is 0 Å². The lowest BCUT2D eigenvalue weighted by molar-refractivity contribution is 0.202. The second-order valence-electron chi connectivity index (χ2n) is 4.76. The van der Waals surface area contributed by atoms with Crippen molar-refractivity contribution in [2.75, 3.05) is 6.54 Å². The highest BCUT2D eigenvalue weighted by molar-refractivity contribution is 4.80. The Morgan fingerprint density at radius 1 is 1.14 bits per heavy atom. The summed E-state index contributed by atoms with van der Waals surface area (Å²) in [5.41, 5.74) is 0. The van der Waals surface area contributed by atoms with Gasteiger partial charge in [0.15, 0.2) is 0 Å². The highest BCUT2D eigenvalue weighted by Gasteiger charge is 2.25. The molecule has 0 aromatic carbocycles. The van der Waals surface area contributed by atoms with Crippen LogP contribution in [0.15, 0.2) is 0 Å². The molecule has 1 N–H and O–H groups in total. The smallest absolute Gasteiger partial charge is 0.00696 e. The van der Waals surface area contributed by atoms with Crippen LogP contribution in [0.2, 0.25) is 0 Å². The maximum Gasteiger partial charge on any atom is 0.00696 e. The van der Waals surface area contributed by atoms with Gasteiger partial charge in [-0.05, 0) is 31.2 Å². The molecule has 2 unspecified atom stereocenters. The summed E-state index contributed by atoms with van der Waals surface area (Å²) in [5.74, 6) is 1.99. The minimum absolute atomic E-state index is 0.819. The summed E-state index contributed by atoms with van der Waals surface area (Å²) >= 11 is 0. The number of rotatable bonds is 5. The fraction of sp³-hybridized carbons (Fsp3) is 1.00. The molecule has 2 atom stereocenters. The Balaban J connectivity index is 2.38. The zero-order chi connectivity index (χ0) is 10.4. The summed E-state index contributed by atoms with van der Waals surface area (Å²) in [4.78, 5) is 0. The van der Waals surface area contributed by atoms with E-state index in [1.165, 1.54) is 38.5 Å². The van der Waals surface area contributed by atoms with E-state index < -0.39 is 0 Å². The molecule has 0 bridgehead atoms. The minimum atomic E-state index is 0.819. The Hall–Kier alpha value is -0.0400. The van der Waals surface area contributed by atoms with Crippen molar-refractivity contribution in [2.45, 2.75) is 65.3 Å². The first-order valence-electron chi connectivity index (χ1n) is 6.55. The predicted molar refractivity (Wildman–Crippen MR) is 63.5 cm³/mol. The predicted octanol–water partition coefficient (Wildman–Crippen LogP) is 3.59. The van der Waals surface area contributed by atoms with Gasteiger partial charge in [-0.3, -0.25) is 0 Å². The maximum atomic E-state index is 3.62. The first-order valence-corrected chi connectivity index (χ1v) is 6.55. The Bertz CT molecular complexity index is 138. The van der Waals surface area contributed by atoms with E-state index in [2.05, 4.69) is 26.1 Å². The lowest BCUT2D eigenvalue weighted by Gasteiger charge is -2.34. The van der Waals surface area contributed by atoms with Crippen LogP contribution in [0.4, 0.5) is 0 Å². The van der Waals surface area contributed by atoms with Gasteiger partial charge in [-0.2, -0.15) is 0 Å². The Morgan fingerprint density at radius 2 is 1.86 bits per heavy atom. The van der Waals surface area contributed by atoms with Gasteiger partial charge in [0.05, 0.1) is 0 Å². The highest BCUT2D eigenvalue weighted by Crippen LogP contribution is 2.33. The zero-order valence-electron chi connectivity index (χ0n) is 10.2. The first-order chi connectivity index (χ1) is 6.81. The van der Waals surface area contributed by atoms with Gasteiger partial charge in [0.2, 0.25) is 0 Å². The summed E-state index contributed by atoms with van der Waals surface area (Å²) in [7, 11) is 0. The molecule has 1 nitrogen and oxygen atoms in total. The number of hydrogen-bond acceptors (Lipinski definition) is 1. The van der Waals surface area contributed by atoms with Crippen molar-refractivity contribution >= 4 is 0 Å². The van der Waals surface area contributed by atoms with Crippen LogP contribution in [0.25, 0.3) is 0 Å². The van der Waals surface area contributed by atoms with Crippen molar-refractivity contribution in [3.05, 3.63) is 0 Å². The molecule has 14 heavy (non-hydrogen) atoms. The van der Waals surface area contributed by atoms with Crippen LogP contribution in [-0.4, -0.2) is 12.6 Å². The molecular formula is C13H27N. The fourth-order valence-electron chi connectivity index (χ4n) is 3.09. The molecule has 0 aliphatic heterocycles. The van der Waals surface area contributed by atoms with Crippen LogP contribution >= 0.6 is 0 Å². The van der Waals surface area contributed by atoms with Gasteiger partial charge >= 0.3 is 0 Å². The zero-order valence-corrected chi connectivity index (χ0v) is 10.2. The van der Waals surface area contributed by atoms with Crippen molar-refractivity contribution in [3.63, 3.8) is 0 Å². The quantitative estimate of drug-likeness (QED) is 0.710. The Labute approximate surface area is 89.7 Å². The third-order valence-electron chi connectivity index (χ3n) is 3.92. The molecule has 0 saturated heterocycles. The average Bonchev–Trinajstić information content (AvgIpc) is 2.21. The topological polar surface area (TPSA) is 12.0 Å². The molecule has 0 amide bonds. The van der Waals surface area contributed by atoms with Crippen LogP contribution in [-0.2, 0) is 0 Å². The summed E-state index contributed by atoms with van der Waals surface area (Å²) in [6, 6.07) is 0.819. The van der Waals surface area contributed by atoms with Crippen LogP contribution in [0.3, 0.4) is 0 Å². The maximum absolute atomic E-state index is 3.62. The minimum Gasteiger partial charge on any atom is -0.314 e. The lowest BCUT2D eigenvalue weighted by atomic mass is 9.76. The van der Waals surface area contributed by atoms with Gasteiger partial charge in [-0.15, -0.1) is 0 Å². The van der Waals surface area contributed by atoms with Gasteiger partial charge in [0.25, 0.3) is 0 Å². The van der Waals surface area contributed by atoms with E-state index in [0.29, 0.717) is 0 Å². The van der Waals surface area contributed by atoms with E-state index in [1.54, 1.807) is 0 Å². The summed E-state index contributed by atoms with van der Waals surface area (Å²) in [6.07, 6.45) is 8.51. The largest absolute Gasteiger partial charge is 0.314 e. The number of hydrogen-bond donors (Lipinski definition) is 1. The standard InChI is InChI=1S/C13H27N/c1-4-11(5-2)12-8-7-9-13(10-12)14-6-3/h11-14H,4-10H2,1-3H3. The molecule has 0 aromatic rings. The average molecular weight is 197 g/mol. The van der Waals surface area contributed by atoms with E-state index in [4.69, 9.17) is 0 Å². The van der Waals surface area contributed by atoms with Gasteiger partial charge in [0, 0.05) is 6.04 Å². The third kappa shape index (κ3) is 3.27. The van der Waals surface area contributed by atoms with Crippen molar-refractivity contribution in [2.24, 2.45) is 11.8 Å². The van der Waals surface area contributed by atoms with Crippen molar-refractivity contribution in [1.82, 2.24) is 5.32 Å². The van der Waals surface area contributed by atoms with Crippen LogP contribution in [0.5, 0.6) is 0 Å². The Morgan fingerprint density at radius 3 is 2.43 bits per heavy atom. The normalized spacial score (nSPS) is 28.3. The summed E-state index contributed by atoms with van der Waals surface area (Å²) < 4.78 is 0. The molecule has 1 heteroatoms. The fourth-order valence-corrected chi connectivity index (χ4v) is 3.09. The van der Waals surface area contributed by atoms with Gasteiger partial charge in [0.1, 0.15) is 0 Å². The monoisotopic (exact) mass is 197 g/mol. The van der Waals surface area contributed by atoms with Crippen LogP contribution in [0, 0.1) is 11.8 Å². The van der Waals surface area contributed by atoms with E-state index in [1.807, 2.05) is 0 Å². The van der Waals surface area contributed by atoms with Gasteiger partial charge < -0.3 is 5.32 Å². The summed E-state index contributed by atoms with van der Waals surface area (Å²) in [6.45, 7) is 8.07. The molecule has 1 saturated carbocycles. The molecule has 1 aliphatic rings. The molecular weight excluding hydrogens is 170 g/mol. The van der Waals surface area contributed by atoms with Crippen molar-refractivity contribution in [3.8, 4) is 0 Å². The third-order valence-corrected chi connectivity index (χ3v) is 3.92. The second kappa shape index (κ2) is 6.44. The molecule has 0 radical (unpaired) electrons. The van der Waals surface area contributed by atoms with E-state index in [-0.39, 0.29) is 0 Å². The highest BCUT2D eigenvalue weighted by atomic mass is 14.9. The molecule has 0 aromatic heterocycles. The molecule has 0 spiro atoms. The van der Waals surface area contributed by atoms with E-state index >= 15 is 0 Å². The van der Waals surface area contributed by atoms with Gasteiger partial charge in [-0.1, -0.05) is 46.5 Å². The molecule has 1 aliphatic carbocycles. The van der Waals surface area contributed by atoms with Gasteiger partial charge in [-0.25, -0.2) is 0 Å². The Kier molecular flexibility index (Phi) is 5.54. The van der Waals surface area contributed by atoms with Crippen LogP contribution < -0.4 is 5.32 Å². The lowest BCUT2D eigenvalue weighted by Crippen LogP contribution is -2.35. The van der Waals surface area contributed by atoms with Crippen molar-refractivity contribution < 1.29 is 0 Å². The second-order valence-corrected chi connectivity index (χ2v) is 4.76. The molecule has 1 rings (SSSR count). The van der Waals surface area contributed by atoms with Crippen molar-refractivity contribution in [1.29, 1.82) is 0 Å².